The quantitative estimate of drug-likeness (QED) is 0.623. The average Bonchev–Trinajstić information content (AvgIpc) is 2.74. The number of likely N-dealkylation sites (N-methyl/N-ethyl adjacent to an activating group) is 1. The summed E-state index contributed by atoms with van der Waals surface area (Å²) in [5.41, 5.74) is 0.489. The lowest BCUT2D eigenvalue weighted by Crippen LogP contribution is -2.50. The van der Waals surface area contributed by atoms with Crippen LogP contribution in [-0.4, -0.2) is 50.1 Å². The van der Waals surface area contributed by atoms with Gasteiger partial charge >= 0.3 is 0 Å². The Labute approximate surface area is 172 Å². The number of rotatable bonds is 10. The summed E-state index contributed by atoms with van der Waals surface area (Å²) in [7, 11) is 3.32. The first kappa shape index (κ1) is 22.3. The molecular formula is C23H30N2O4. The van der Waals surface area contributed by atoms with E-state index in [0.29, 0.717) is 30.9 Å². The Bertz CT molecular complexity index is 775. The van der Waals surface area contributed by atoms with Gasteiger partial charge in [-0.2, -0.15) is 0 Å². The van der Waals surface area contributed by atoms with Crippen molar-refractivity contribution in [2.24, 2.45) is 5.92 Å². The van der Waals surface area contributed by atoms with Gasteiger partial charge in [-0.3, -0.25) is 9.59 Å². The third kappa shape index (κ3) is 6.82. The molecule has 156 valence electrons. The van der Waals surface area contributed by atoms with Gasteiger partial charge in [0.2, 0.25) is 5.91 Å². The molecule has 0 aliphatic heterocycles. The number of benzene rings is 2. The first-order chi connectivity index (χ1) is 13.9. The molecule has 2 rings (SSSR count). The van der Waals surface area contributed by atoms with Crippen molar-refractivity contribution in [3.05, 3.63) is 60.2 Å². The molecule has 0 aromatic heterocycles. The molecule has 0 radical (unpaired) electrons. The van der Waals surface area contributed by atoms with Gasteiger partial charge in [0.05, 0.1) is 13.7 Å². The van der Waals surface area contributed by atoms with Crippen molar-refractivity contribution in [3.63, 3.8) is 0 Å². The summed E-state index contributed by atoms with van der Waals surface area (Å²) in [4.78, 5) is 27.1. The number of nitrogens with zero attached hydrogens (tertiary/aromatic N) is 1. The number of hydrogen-bond donors (Lipinski definition) is 1. The van der Waals surface area contributed by atoms with E-state index in [1.165, 1.54) is 0 Å². The van der Waals surface area contributed by atoms with Gasteiger partial charge in [0.1, 0.15) is 17.5 Å². The third-order valence-corrected chi connectivity index (χ3v) is 4.60. The highest BCUT2D eigenvalue weighted by Gasteiger charge is 2.27. The van der Waals surface area contributed by atoms with Gasteiger partial charge in [0.15, 0.2) is 0 Å². The molecule has 0 fully saturated rings. The Balaban J connectivity index is 1.87. The van der Waals surface area contributed by atoms with E-state index in [2.05, 4.69) is 5.32 Å². The molecule has 0 bridgehead atoms. The normalized spacial score (nSPS) is 11.6. The van der Waals surface area contributed by atoms with E-state index in [1.807, 2.05) is 44.2 Å². The minimum Gasteiger partial charge on any atom is -0.497 e. The summed E-state index contributed by atoms with van der Waals surface area (Å²) in [6, 6.07) is 15.8. The molecule has 2 aromatic rings. The van der Waals surface area contributed by atoms with Crippen LogP contribution >= 0.6 is 0 Å². The van der Waals surface area contributed by atoms with Crippen LogP contribution in [0.3, 0.4) is 0 Å². The molecule has 1 atom stereocenters. The lowest BCUT2D eigenvalue weighted by atomic mass is 10.0. The zero-order chi connectivity index (χ0) is 21.2. The first-order valence-electron chi connectivity index (χ1n) is 9.80. The maximum atomic E-state index is 12.9. The topological polar surface area (TPSA) is 67.9 Å². The maximum absolute atomic E-state index is 12.9. The Morgan fingerprint density at radius 1 is 1.00 bits per heavy atom. The minimum absolute atomic E-state index is 0.0345. The van der Waals surface area contributed by atoms with E-state index in [9.17, 15) is 9.59 Å². The van der Waals surface area contributed by atoms with Crippen LogP contribution in [0.25, 0.3) is 0 Å². The molecule has 6 nitrogen and oxygen atoms in total. The lowest BCUT2D eigenvalue weighted by molar-refractivity contribution is -0.133. The summed E-state index contributed by atoms with van der Waals surface area (Å²) in [5.74, 6) is 1.07. The summed E-state index contributed by atoms with van der Waals surface area (Å²) in [5, 5.41) is 2.86. The van der Waals surface area contributed by atoms with E-state index in [4.69, 9.17) is 9.47 Å². The second-order valence-corrected chi connectivity index (χ2v) is 7.20. The predicted octanol–water partition coefficient (Wildman–Crippen LogP) is 3.38. The van der Waals surface area contributed by atoms with Crippen LogP contribution in [0.2, 0.25) is 0 Å². The zero-order valence-electron chi connectivity index (χ0n) is 17.6. The molecule has 0 heterocycles. The number of carbonyl (C=O) groups is 2. The van der Waals surface area contributed by atoms with Crippen molar-refractivity contribution in [2.45, 2.75) is 26.3 Å². The molecule has 1 N–H and O–H groups in total. The Morgan fingerprint density at radius 2 is 1.66 bits per heavy atom. The number of para-hydroxylation sites is 1. The zero-order valence-corrected chi connectivity index (χ0v) is 17.6. The summed E-state index contributed by atoms with van der Waals surface area (Å²) < 4.78 is 10.8. The number of hydrogen-bond acceptors (Lipinski definition) is 4. The van der Waals surface area contributed by atoms with Crippen molar-refractivity contribution >= 4 is 11.8 Å². The van der Waals surface area contributed by atoms with Gasteiger partial charge in [0.25, 0.3) is 5.91 Å². The van der Waals surface area contributed by atoms with Crippen LogP contribution in [0.1, 0.15) is 30.6 Å². The maximum Gasteiger partial charge on any atom is 0.251 e. The van der Waals surface area contributed by atoms with Gasteiger partial charge < -0.3 is 19.7 Å². The van der Waals surface area contributed by atoms with Crippen LogP contribution in [-0.2, 0) is 4.79 Å². The van der Waals surface area contributed by atoms with Gasteiger partial charge in [-0.25, -0.2) is 0 Å². The number of carbonyl (C=O) groups excluding carboxylic acids is 2. The van der Waals surface area contributed by atoms with Crippen LogP contribution in [0, 0.1) is 5.92 Å². The number of amides is 2. The van der Waals surface area contributed by atoms with Gasteiger partial charge in [-0.05, 0) is 48.7 Å². The van der Waals surface area contributed by atoms with E-state index >= 15 is 0 Å². The summed E-state index contributed by atoms with van der Waals surface area (Å²) in [6.45, 7) is 4.91. The minimum atomic E-state index is -0.593. The van der Waals surface area contributed by atoms with E-state index in [0.717, 1.165) is 5.75 Å². The highest BCUT2D eigenvalue weighted by molar-refractivity contribution is 5.97. The molecule has 0 spiro atoms. The first-order valence-corrected chi connectivity index (χ1v) is 9.80. The largest absolute Gasteiger partial charge is 0.497 e. The molecule has 1 unspecified atom stereocenters. The smallest absolute Gasteiger partial charge is 0.251 e. The molecule has 0 aliphatic rings. The average molecular weight is 399 g/mol. The standard InChI is InChI=1S/C23H30N2O4/c1-17(2)21(24-22(26)18-11-13-19(28-4)14-12-18)23(27)25(3)15-8-16-29-20-9-6-5-7-10-20/h5-7,9-14,17,21H,8,15-16H2,1-4H3,(H,24,26). The fraction of sp³-hybridized carbons (Fsp3) is 0.391. The Morgan fingerprint density at radius 3 is 2.24 bits per heavy atom. The molecule has 6 heteroatoms. The fourth-order valence-corrected chi connectivity index (χ4v) is 2.84. The molecule has 29 heavy (non-hydrogen) atoms. The SMILES string of the molecule is COc1ccc(C(=O)NC(C(=O)N(C)CCCOc2ccccc2)C(C)C)cc1. The molecule has 2 aromatic carbocycles. The van der Waals surface area contributed by atoms with E-state index < -0.39 is 6.04 Å². The van der Waals surface area contributed by atoms with Crippen molar-refractivity contribution in [3.8, 4) is 11.5 Å². The van der Waals surface area contributed by atoms with Crippen LogP contribution < -0.4 is 14.8 Å². The van der Waals surface area contributed by atoms with E-state index in [1.54, 1.807) is 43.3 Å². The highest BCUT2D eigenvalue weighted by atomic mass is 16.5. The van der Waals surface area contributed by atoms with E-state index in [-0.39, 0.29) is 17.7 Å². The highest BCUT2D eigenvalue weighted by Crippen LogP contribution is 2.13. The second-order valence-electron chi connectivity index (χ2n) is 7.20. The lowest BCUT2D eigenvalue weighted by Gasteiger charge is -2.27. The van der Waals surface area contributed by atoms with Gasteiger partial charge in [0, 0.05) is 19.2 Å². The van der Waals surface area contributed by atoms with Crippen molar-refractivity contribution < 1.29 is 19.1 Å². The molecule has 0 saturated carbocycles. The summed E-state index contributed by atoms with van der Waals surface area (Å²) in [6.07, 6.45) is 0.703. The Kier molecular flexibility index (Phi) is 8.52. The van der Waals surface area contributed by atoms with Crippen LogP contribution in [0.5, 0.6) is 11.5 Å². The van der Waals surface area contributed by atoms with Crippen LogP contribution in [0.4, 0.5) is 0 Å². The molecular weight excluding hydrogens is 368 g/mol. The Hall–Kier alpha value is -3.02. The number of ether oxygens (including phenoxy) is 2. The number of methoxy groups -OCH3 is 1. The van der Waals surface area contributed by atoms with Crippen molar-refractivity contribution in [1.29, 1.82) is 0 Å². The molecule has 2 amide bonds. The van der Waals surface area contributed by atoms with Crippen molar-refractivity contribution in [2.75, 3.05) is 27.3 Å². The van der Waals surface area contributed by atoms with Gasteiger partial charge in [-0.15, -0.1) is 0 Å². The third-order valence-electron chi connectivity index (χ3n) is 4.60. The monoisotopic (exact) mass is 398 g/mol. The van der Waals surface area contributed by atoms with Crippen molar-refractivity contribution in [1.82, 2.24) is 10.2 Å². The number of nitrogens with one attached hydrogen (secondary N) is 1. The van der Waals surface area contributed by atoms with Crippen LogP contribution in [0.15, 0.2) is 54.6 Å². The molecule has 0 saturated heterocycles. The predicted molar refractivity (Wildman–Crippen MR) is 113 cm³/mol. The fourth-order valence-electron chi connectivity index (χ4n) is 2.84. The summed E-state index contributed by atoms with van der Waals surface area (Å²) >= 11 is 0. The molecule has 0 aliphatic carbocycles. The second kappa shape index (κ2) is 11.1. The van der Waals surface area contributed by atoms with Gasteiger partial charge in [-0.1, -0.05) is 32.0 Å².